The van der Waals surface area contributed by atoms with Gasteiger partial charge in [0, 0.05) is 28.8 Å². The zero-order valence-corrected chi connectivity index (χ0v) is 18.3. The van der Waals surface area contributed by atoms with E-state index in [1.807, 2.05) is 6.07 Å². The van der Waals surface area contributed by atoms with Gasteiger partial charge in [0.25, 0.3) is 10.0 Å². The Morgan fingerprint density at radius 1 is 1.10 bits per heavy atom. The van der Waals surface area contributed by atoms with Crippen molar-refractivity contribution >= 4 is 72.2 Å². The zero-order chi connectivity index (χ0) is 21.3. The lowest BCUT2D eigenvalue weighted by Gasteiger charge is -2.09. The Balaban J connectivity index is 1.45. The summed E-state index contributed by atoms with van der Waals surface area (Å²) in [4.78, 5) is 16.4. The van der Waals surface area contributed by atoms with E-state index in [1.165, 1.54) is 41.8 Å². The second kappa shape index (κ2) is 8.27. The van der Waals surface area contributed by atoms with Crippen LogP contribution in [0.3, 0.4) is 0 Å². The lowest BCUT2D eigenvalue weighted by molar-refractivity contribution is -0.116. The van der Waals surface area contributed by atoms with Gasteiger partial charge in [0.2, 0.25) is 5.91 Å². The Hall–Kier alpha value is -2.59. The summed E-state index contributed by atoms with van der Waals surface area (Å²) in [5.74, 6) is -0.268. The molecule has 2 N–H and O–H groups in total. The minimum absolute atomic E-state index is 0.0626. The Labute approximate surface area is 186 Å². The molecular weight excluding hydrogens is 467 g/mol. The summed E-state index contributed by atoms with van der Waals surface area (Å²) in [6.45, 7) is 0.0626. The van der Waals surface area contributed by atoms with Gasteiger partial charge in [-0.25, -0.2) is 13.4 Å². The van der Waals surface area contributed by atoms with Crippen molar-refractivity contribution in [2.24, 2.45) is 0 Å². The number of sulfonamides is 1. The van der Waals surface area contributed by atoms with Crippen LogP contribution in [0.5, 0.6) is 0 Å². The molecular formula is C19H14Cl2N4O3S2. The summed E-state index contributed by atoms with van der Waals surface area (Å²) in [5.41, 5.74) is 1.26. The number of carbonyl (C=O) groups excluding carboxylic acids is 1. The fourth-order valence-corrected chi connectivity index (χ4v) is 4.96. The third-order valence-corrected chi connectivity index (χ3v) is 7.12. The monoisotopic (exact) mass is 480 g/mol. The predicted molar refractivity (Wildman–Crippen MR) is 120 cm³/mol. The maximum atomic E-state index is 12.4. The van der Waals surface area contributed by atoms with Crippen molar-refractivity contribution in [2.45, 2.75) is 11.4 Å². The number of rotatable bonds is 6. The summed E-state index contributed by atoms with van der Waals surface area (Å²) in [6.07, 6.45) is 3.29. The van der Waals surface area contributed by atoms with Crippen LogP contribution in [0.15, 0.2) is 65.1 Å². The molecule has 0 fully saturated rings. The molecule has 0 radical (unpaired) electrons. The minimum Gasteiger partial charge on any atom is -0.338 e. The molecule has 4 aromatic rings. The van der Waals surface area contributed by atoms with Gasteiger partial charge in [-0.3, -0.25) is 9.52 Å². The Bertz CT molecular complexity index is 1320. The molecule has 0 spiro atoms. The maximum Gasteiger partial charge on any atom is 0.263 e. The number of hydrogen-bond donors (Lipinski definition) is 2. The molecule has 0 aliphatic rings. The number of fused-ring (bicyclic) bond motifs is 1. The molecule has 0 atom stereocenters. The van der Waals surface area contributed by atoms with Gasteiger partial charge in [-0.15, -0.1) is 11.3 Å². The number of anilines is 2. The lowest BCUT2D eigenvalue weighted by Crippen LogP contribution is -2.18. The number of nitrogens with one attached hydrogen (secondary N) is 2. The van der Waals surface area contributed by atoms with Crippen LogP contribution in [-0.4, -0.2) is 23.9 Å². The van der Waals surface area contributed by atoms with Crippen molar-refractivity contribution in [3.8, 4) is 0 Å². The average Bonchev–Trinajstić information content (AvgIpc) is 3.33. The first-order valence-electron chi connectivity index (χ1n) is 8.58. The molecule has 2 heterocycles. The summed E-state index contributed by atoms with van der Waals surface area (Å²) in [5, 5.41) is 6.44. The van der Waals surface area contributed by atoms with Crippen molar-refractivity contribution in [2.75, 3.05) is 10.0 Å². The normalized spacial score (nSPS) is 11.5. The van der Waals surface area contributed by atoms with Gasteiger partial charge in [-0.2, -0.15) is 0 Å². The van der Waals surface area contributed by atoms with Crippen molar-refractivity contribution < 1.29 is 13.2 Å². The number of aromatic nitrogens is 2. The van der Waals surface area contributed by atoms with E-state index in [0.29, 0.717) is 15.7 Å². The van der Waals surface area contributed by atoms with Crippen molar-refractivity contribution in [1.82, 2.24) is 9.55 Å². The zero-order valence-electron chi connectivity index (χ0n) is 15.2. The van der Waals surface area contributed by atoms with Crippen LogP contribution in [0.2, 0.25) is 10.0 Å². The van der Waals surface area contributed by atoms with Crippen LogP contribution in [0.4, 0.5) is 10.8 Å². The number of halogens is 2. The predicted octanol–water partition coefficient (Wildman–Crippen LogP) is 4.84. The van der Waals surface area contributed by atoms with E-state index in [9.17, 15) is 13.2 Å². The topological polar surface area (TPSA) is 93.1 Å². The summed E-state index contributed by atoms with van der Waals surface area (Å²) < 4.78 is 28.9. The highest BCUT2D eigenvalue weighted by Gasteiger charge is 2.16. The van der Waals surface area contributed by atoms with Gasteiger partial charge in [0.1, 0.15) is 6.54 Å². The second-order valence-electron chi connectivity index (χ2n) is 6.28. The van der Waals surface area contributed by atoms with Gasteiger partial charge in [0.15, 0.2) is 5.13 Å². The van der Waals surface area contributed by atoms with Crippen LogP contribution >= 0.6 is 34.5 Å². The van der Waals surface area contributed by atoms with E-state index in [0.717, 1.165) is 10.9 Å². The largest absolute Gasteiger partial charge is 0.338 e. The van der Waals surface area contributed by atoms with E-state index in [1.54, 1.807) is 28.3 Å². The molecule has 154 valence electrons. The van der Waals surface area contributed by atoms with Crippen LogP contribution in [0.25, 0.3) is 10.9 Å². The standard InChI is InChI=1S/C19H14Cl2N4O3S2/c20-15-9-12-5-7-25(17(12)10-16(15)21)11-18(26)23-13-1-3-14(4-2-13)30(27,28)24-19-22-6-8-29-19/h1-10H,11H2,(H,22,24)(H,23,26). The van der Waals surface area contributed by atoms with Gasteiger partial charge in [0.05, 0.1) is 20.5 Å². The number of nitrogens with zero attached hydrogens (tertiary/aromatic N) is 2. The lowest BCUT2D eigenvalue weighted by atomic mass is 10.2. The first-order valence-corrected chi connectivity index (χ1v) is 11.7. The van der Waals surface area contributed by atoms with Gasteiger partial charge in [-0.1, -0.05) is 23.2 Å². The number of carbonyl (C=O) groups is 1. The molecule has 2 aromatic carbocycles. The molecule has 1 amide bonds. The summed E-state index contributed by atoms with van der Waals surface area (Å²) in [6, 6.07) is 11.2. The van der Waals surface area contributed by atoms with Crippen molar-refractivity contribution in [3.05, 3.63) is 70.3 Å². The highest BCUT2D eigenvalue weighted by atomic mass is 35.5. The molecule has 30 heavy (non-hydrogen) atoms. The van der Waals surface area contributed by atoms with E-state index in [4.69, 9.17) is 23.2 Å². The van der Waals surface area contributed by atoms with E-state index >= 15 is 0 Å². The third kappa shape index (κ3) is 4.44. The molecule has 0 aliphatic heterocycles. The second-order valence-corrected chi connectivity index (χ2v) is 9.68. The fraction of sp³-hybridized carbons (Fsp3) is 0.0526. The van der Waals surface area contributed by atoms with Gasteiger partial charge >= 0.3 is 0 Å². The summed E-state index contributed by atoms with van der Waals surface area (Å²) >= 11 is 13.3. The van der Waals surface area contributed by atoms with E-state index in [2.05, 4.69) is 15.0 Å². The van der Waals surface area contributed by atoms with Gasteiger partial charge < -0.3 is 9.88 Å². The molecule has 4 rings (SSSR count). The molecule has 0 unspecified atom stereocenters. The number of thiazole rings is 1. The molecule has 11 heteroatoms. The maximum absolute atomic E-state index is 12.4. The number of amides is 1. The molecule has 0 bridgehead atoms. The first kappa shape index (κ1) is 20.7. The highest BCUT2D eigenvalue weighted by molar-refractivity contribution is 7.93. The quantitative estimate of drug-likeness (QED) is 0.412. The van der Waals surface area contributed by atoms with Gasteiger partial charge in [-0.05, 0) is 42.5 Å². The van der Waals surface area contributed by atoms with Crippen LogP contribution in [0.1, 0.15) is 0 Å². The first-order chi connectivity index (χ1) is 14.3. The van der Waals surface area contributed by atoms with Crippen LogP contribution in [-0.2, 0) is 21.4 Å². The smallest absolute Gasteiger partial charge is 0.263 e. The number of benzene rings is 2. The fourth-order valence-electron chi connectivity index (χ4n) is 2.84. The highest BCUT2D eigenvalue weighted by Crippen LogP contribution is 2.28. The number of hydrogen-bond acceptors (Lipinski definition) is 5. The SMILES string of the molecule is O=C(Cn1ccc2cc(Cl)c(Cl)cc21)Nc1ccc(S(=O)(=O)Nc2nccs2)cc1. The Morgan fingerprint density at radius 3 is 2.53 bits per heavy atom. The molecule has 0 saturated carbocycles. The molecule has 0 saturated heterocycles. The van der Waals surface area contributed by atoms with E-state index < -0.39 is 10.0 Å². The minimum atomic E-state index is -3.74. The molecule has 7 nitrogen and oxygen atoms in total. The Kier molecular flexibility index (Phi) is 5.70. The Morgan fingerprint density at radius 2 is 1.83 bits per heavy atom. The molecule has 2 aromatic heterocycles. The van der Waals surface area contributed by atoms with Crippen molar-refractivity contribution in [3.63, 3.8) is 0 Å². The van der Waals surface area contributed by atoms with E-state index in [-0.39, 0.29) is 22.5 Å². The third-order valence-electron chi connectivity index (χ3n) is 4.23. The summed E-state index contributed by atoms with van der Waals surface area (Å²) in [7, 11) is -3.74. The van der Waals surface area contributed by atoms with Crippen LogP contribution in [0, 0.1) is 0 Å². The van der Waals surface area contributed by atoms with Crippen molar-refractivity contribution in [1.29, 1.82) is 0 Å². The molecule has 0 aliphatic carbocycles. The van der Waals surface area contributed by atoms with Crippen LogP contribution < -0.4 is 10.0 Å². The average molecular weight is 481 g/mol.